The first kappa shape index (κ1) is 11.4. The number of rotatable bonds is 3. The molecule has 0 bridgehead atoms. The molecule has 84 valence electrons. The predicted octanol–water partition coefficient (Wildman–Crippen LogP) is 3.13. The van der Waals surface area contributed by atoms with Gasteiger partial charge in [0.25, 0.3) is 0 Å². The van der Waals surface area contributed by atoms with E-state index < -0.39 is 0 Å². The van der Waals surface area contributed by atoms with E-state index in [2.05, 4.69) is 26.4 Å². The molecule has 0 amide bonds. The van der Waals surface area contributed by atoms with Gasteiger partial charge in [-0.2, -0.15) is 0 Å². The van der Waals surface area contributed by atoms with Gasteiger partial charge in [-0.1, -0.05) is 33.2 Å². The van der Waals surface area contributed by atoms with E-state index in [4.69, 9.17) is 4.52 Å². The standard InChI is InChI=1S/C12H13BrN2O/c1-8-11(7-14-2)12(16-15-8)9-3-5-10(13)6-4-9/h3-6,14H,7H2,1-2H3. The minimum atomic E-state index is 0.765. The largest absolute Gasteiger partial charge is 0.356 e. The summed E-state index contributed by atoms with van der Waals surface area (Å²) in [6, 6.07) is 8.03. The summed E-state index contributed by atoms with van der Waals surface area (Å²) in [6.07, 6.45) is 0. The van der Waals surface area contributed by atoms with Crippen LogP contribution in [0.2, 0.25) is 0 Å². The molecule has 0 saturated carbocycles. The van der Waals surface area contributed by atoms with Crippen LogP contribution in [0.15, 0.2) is 33.3 Å². The normalized spacial score (nSPS) is 10.7. The zero-order chi connectivity index (χ0) is 11.5. The Balaban J connectivity index is 2.43. The van der Waals surface area contributed by atoms with Crippen molar-refractivity contribution in [2.24, 2.45) is 0 Å². The molecule has 0 radical (unpaired) electrons. The van der Waals surface area contributed by atoms with Crippen molar-refractivity contribution in [2.75, 3.05) is 7.05 Å². The Kier molecular flexibility index (Phi) is 3.41. The summed E-state index contributed by atoms with van der Waals surface area (Å²) in [4.78, 5) is 0. The number of hydrogen-bond acceptors (Lipinski definition) is 3. The fraction of sp³-hybridized carbons (Fsp3) is 0.250. The molecule has 0 atom stereocenters. The van der Waals surface area contributed by atoms with Crippen molar-refractivity contribution in [1.29, 1.82) is 0 Å². The average molecular weight is 281 g/mol. The van der Waals surface area contributed by atoms with Gasteiger partial charge in [0.15, 0.2) is 5.76 Å². The zero-order valence-electron chi connectivity index (χ0n) is 9.25. The number of nitrogens with one attached hydrogen (secondary N) is 1. The maximum absolute atomic E-state index is 5.37. The molecule has 16 heavy (non-hydrogen) atoms. The van der Waals surface area contributed by atoms with Crippen LogP contribution in [0.25, 0.3) is 11.3 Å². The number of nitrogens with zero attached hydrogens (tertiary/aromatic N) is 1. The smallest absolute Gasteiger partial charge is 0.171 e. The molecule has 0 aliphatic heterocycles. The van der Waals surface area contributed by atoms with Crippen molar-refractivity contribution >= 4 is 15.9 Å². The first-order valence-electron chi connectivity index (χ1n) is 5.08. The molecule has 0 aliphatic rings. The second kappa shape index (κ2) is 4.80. The molecule has 1 N–H and O–H groups in total. The molecular weight excluding hydrogens is 268 g/mol. The topological polar surface area (TPSA) is 38.1 Å². The first-order chi connectivity index (χ1) is 7.72. The summed E-state index contributed by atoms with van der Waals surface area (Å²) in [5.74, 6) is 0.847. The molecule has 3 nitrogen and oxygen atoms in total. The summed E-state index contributed by atoms with van der Waals surface area (Å²) in [7, 11) is 1.91. The highest BCUT2D eigenvalue weighted by Gasteiger charge is 2.13. The molecule has 0 aliphatic carbocycles. The zero-order valence-corrected chi connectivity index (χ0v) is 10.8. The van der Waals surface area contributed by atoms with E-state index >= 15 is 0 Å². The van der Waals surface area contributed by atoms with E-state index in [1.54, 1.807) is 0 Å². The lowest BCUT2D eigenvalue weighted by molar-refractivity contribution is 0.426. The third-order valence-corrected chi connectivity index (χ3v) is 2.97. The molecule has 2 aromatic rings. The van der Waals surface area contributed by atoms with Crippen molar-refractivity contribution < 1.29 is 4.52 Å². The maximum Gasteiger partial charge on any atom is 0.171 e. The van der Waals surface area contributed by atoms with E-state index in [1.165, 1.54) is 0 Å². The van der Waals surface area contributed by atoms with Gasteiger partial charge in [0, 0.05) is 22.1 Å². The summed E-state index contributed by atoms with van der Waals surface area (Å²) in [5, 5.41) is 7.13. The molecular formula is C12H13BrN2O. The Labute approximate surface area is 103 Å². The van der Waals surface area contributed by atoms with Crippen molar-refractivity contribution in [3.05, 3.63) is 40.0 Å². The Morgan fingerprint density at radius 2 is 2.00 bits per heavy atom. The van der Waals surface area contributed by atoms with E-state index in [9.17, 15) is 0 Å². The lowest BCUT2D eigenvalue weighted by Crippen LogP contribution is -2.06. The van der Waals surface area contributed by atoms with Crippen LogP contribution in [-0.2, 0) is 6.54 Å². The lowest BCUT2D eigenvalue weighted by atomic mass is 10.1. The number of benzene rings is 1. The van der Waals surface area contributed by atoms with Gasteiger partial charge in [0.05, 0.1) is 5.69 Å². The number of hydrogen-bond donors (Lipinski definition) is 1. The van der Waals surface area contributed by atoms with Gasteiger partial charge >= 0.3 is 0 Å². The maximum atomic E-state index is 5.37. The third kappa shape index (κ3) is 2.18. The average Bonchev–Trinajstić information content (AvgIpc) is 2.63. The predicted molar refractivity (Wildman–Crippen MR) is 67.1 cm³/mol. The van der Waals surface area contributed by atoms with E-state index in [-0.39, 0.29) is 0 Å². The van der Waals surface area contributed by atoms with Crippen LogP contribution in [0.5, 0.6) is 0 Å². The van der Waals surface area contributed by atoms with Crippen molar-refractivity contribution in [1.82, 2.24) is 10.5 Å². The van der Waals surface area contributed by atoms with E-state index in [1.807, 2.05) is 38.2 Å². The molecule has 2 rings (SSSR count). The van der Waals surface area contributed by atoms with Crippen molar-refractivity contribution in [3.8, 4) is 11.3 Å². The SMILES string of the molecule is CNCc1c(C)noc1-c1ccc(Br)cc1. The van der Waals surface area contributed by atoms with Gasteiger partial charge in [0.2, 0.25) is 0 Å². The Bertz CT molecular complexity index is 476. The summed E-state index contributed by atoms with van der Waals surface area (Å²) >= 11 is 3.41. The molecule has 0 fully saturated rings. The minimum Gasteiger partial charge on any atom is -0.356 e. The van der Waals surface area contributed by atoms with Gasteiger partial charge in [0.1, 0.15) is 0 Å². The molecule has 0 spiro atoms. The third-order valence-electron chi connectivity index (χ3n) is 2.44. The second-order valence-electron chi connectivity index (χ2n) is 3.61. The molecule has 1 aromatic heterocycles. The van der Waals surface area contributed by atoms with Gasteiger partial charge in [-0.25, -0.2) is 0 Å². The van der Waals surface area contributed by atoms with Crippen LogP contribution in [-0.4, -0.2) is 12.2 Å². The Morgan fingerprint density at radius 1 is 1.31 bits per heavy atom. The van der Waals surface area contributed by atoms with Crippen molar-refractivity contribution in [2.45, 2.75) is 13.5 Å². The van der Waals surface area contributed by atoms with E-state index in [0.29, 0.717) is 0 Å². The van der Waals surface area contributed by atoms with Gasteiger partial charge in [-0.3, -0.25) is 0 Å². The van der Waals surface area contributed by atoms with Crippen LogP contribution in [0.1, 0.15) is 11.3 Å². The molecule has 1 aromatic carbocycles. The summed E-state index contributed by atoms with van der Waals surface area (Å²) < 4.78 is 6.43. The quantitative estimate of drug-likeness (QED) is 0.939. The van der Waals surface area contributed by atoms with E-state index in [0.717, 1.165) is 33.6 Å². The Hall–Kier alpha value is -1.13. The van der Waals surface area contributed by atoms with Crippen LogP contribution in [0.3, 0.4) is 0 Å². The van der Waals surface area contributed by atoms with Gasteiger partial charge < -0.3 is 9.84 Å². The molecule has 4 heteroatoms. The van der Waals surface area contributed by atoms with Gasteiger partial charge in [-0.15, -0.1) is 0 Å². The number of aryl methyl sites for hydroxylation is 1. The number of aromatic nitrogens is 1. The second-order valence-corrected chi connectivity index (χ2v) is 4.53. The number of halogens is 1. The molecule has 0 unspecified atom stereocenters. The monoisotopic (exact) mass is 280 g/mol. The van der Waals surface area contributed by atoms with Crippen LogP contribution >= 0.6 is 15.9 Å². The van der Waals surface area contributed by atoms with Crippen LogP contribution < -0.4 is 5.32 Å². The fourth-order valence-electron chi connectivity index (χ4n) is 1.60. The molecule has 0 saturated heterocycles. The first-order valence-corrected chi connectivity index (χ1v) is 5.87. The minimum absolute atomic E-state index is 0.765. The van der Waals surface area contributed by atoms with Crippen LogP contribution in [0.4, 0.5) is 0 Å². The molecule has 1 heterocycles. The summed E-state index contributed by atoms with van der Waals surface area (Å²) in [6.45, 7) is 2.72. The Morgan fingerprint density at radius 3 is 2.62 bits per heavy atom. The lowest BCUT2D eigenvalue weighted by Gasteiger charge is -2.01. The fourth-order valence-corrected chi connectivity index (χ4v) is 1.87. The highest BCUT2D eigenvalue weighted by Crippen LogP contribution is 2.27. The van der Waals surface area contributed by atoms with Crippen molar-refractivity contribution in [3.63, 3.8) is 0 Å². The highest BCUT2D eigenvalue weighted by atomic mass is 79.9. The highest BCUT2D eigenvalue weighted by molar-refractivity contribution is 9.10. The van der Waals surface area contributed by atoms with Crippen LogP contribution in [0, 0.1) is 6.92 Å². The summed E-state index contributed by atoms with van der Waals surface area (Å²) in [5.41, 5.74) is 3.10. The van der Waals surface area contributed by atoms with Gasteiger partial charge in [-0.05, 0) is 26.1 Å².